The quantitative estimate of drug-likeness (QED) is 0.291. The molecule has 0 aromatic rings. The maximum atomic E-state index is 8.74. The van der Waals surface area contributed by atoms with Gasteiger partial charge in [-0.3, -0.25) is 18.2 Å². The van der Waals surface area contributed by atoms with Crippen molar-refractivity contribution in [3.63, 3.8) is 0 Å². The molecule has 0 aliphatic heterocycles. The Kier molecular flexibility index (Phi) is 10.00. The van der Waals surface area contributed by atoms with E-state index in [0.717, 1.165) is 0 Å². The summed E-state index contributed by atoms with van der Waals surface area (Å²) in [7, 11) is -9.33. The Morgan fingerprint density at radius 1 is 0.636 bits per heavy atom. The van der Waals surface area contributed by atoms with Crippen molar-refractivity contribution in [2.24, 2.45) is 0 Å². The second-order valence-electron chi connectivity index (χ2n) is 0.896. The van der Waals surface area contributed by atoms with Crippen molar-refractivity contribution in [3.8, 4) is 0 Å². The molecular weight excluding hydrogens is 393 g/mol. The summed E-state index contributed by atoms with van der Waals surface area (Å²) in [4.78, 5) is 0. The maximum absolute atomic E-state index is 8.74. The van der Waals surface area contributed by atoms with E-state index in [0.29, 0.717) is 0 Å². The monoisotopic (exact) mass is 398 g/mol. The molecule has 0 bridgehead atoms. The van der Waals surface area contributed by atoms with E-state index >= 15 is 0 Å². The van der Waals surface area contributed by atoms with Crippen LogP contribution < -0.4 is 0 Å². The average Bonchev–Trinajstić information content (AvgIpc) is 1.12. The molecule has 0 aromatic carbocycles. The van der Waals surface area contributed by atoms with Crippen molar-refractivity contribution in [2.75, 3.05) is 0 Å². The van der Waals surface area contributed by atoms with E-state index in [9.17, 15) is 0 Å². The summed E-state index contributed by atoms with van der Waals surface area (Å²) in [6.45, 7) is 0. The van der Waals surface area contributed by atoms with Crippen LogP contribution in [-0.2, 0) is 48.5 Å². The third-order valence-corrected chi connectivity index (χ3v) is 0. The van der Waals surface area contributed by atoms with Crippen molar-refractivity contribution >= 4 is 20.8 Å². The molecule has 0 saturated heterocycles. The van der Waals surface area contributed by atoms with Crippen LogP contribution in [0, 0.1) is 0 Å². The van der Waals surface area contributed by atoms with Gasteiger partial charge in [-0.2, -0.15) is 16.8 Å². The molecule has 66 valence electrons. The molecule has 4 N–H and O–H groups in total. The van der Waals surface area contributed by atoms with Crippen LogP contribution in [0.2, 0.25) is 0 Å². The smallest absolute Gasteiger partial charge is 0.264 e. The Balaban J connectivity index is -0.000000107. The molecule has 0 heterocycles. The summed E-state index contributed by atoms with van der Waals surface area (Å²) in [5.74, 6) is 0. The first-order valence-corrected chi connectivity index (χ1v) is 4.19. The van der Waals surface area contributed by atoms with Gasteiger partial charge in [0.2, 0.25) is 0 Å². The molecule has 0 unspecified atom stereocenters. The molecule has 0 rings (SSSR count). The molecule has 0 amide bonds. The van der Waals surface area contributed by atoms with Crippen molar-refractivity contribution in [2.45, 2.75) is 0 Å². The van der Waals surface area contributed by atoms with Crippen LogP contribution in [-0.4, -0.2) is 35.0 Å². The standard InChI is InChI=1S/Hg.2H2O4S/c;2*1-5(2,3)4/h;2*(H2,1,2,3,4). The van der Waals surface area contributed by atoms with Gasteiger partial charge in [-0.05, 0) is 0 Å². The van der Waals surface area contributed by atoms with Crippen molar-refractivity contribution in [3.05, 3.63) is 0 Å². The number of rotatable bonds is 0. The zero-order chi connectivity index (χ0) is 9.00. The molecule has 8 nitrogen and oxygen atoms in total. The van der Waals surface area contributed by atoms with Gasteiger partial charge >= 0.3 is 20.8 Å². The Hall–Kier alpha value is 0.675. The van der Waals surface area contributed by atoms with E-state index in [4.69, 9.17) is 35.0 Å². The first-order valence-electron chi connectivity index (χ1n) is 1.40. The molecule has 0 atom stereocenters. The molecule has 0 fully saturated rings. The van der Waals surface area contributed by atoms with Crippen molar-refractivity contribution in [1.29, 1.82) is 0 Å². The number of hydrogen-bond acceptors (Lipinski definition) is 4. The van der Waals surface area contributed by atoms with Gasteiger partial charge in [0.05, 0.1) is 0 Å². The van der Waals surface area contributed by atoms with Crippen LogP contribution in [0.1, 0.15) is 0 Å². The fourth-order valence-corrected chi connectivity index (χ4v) is 0. The molecule has 11 heteroatoms. The minimum atomic E-state index is -4.67. The van der Waals surface area contributed by atoms with Crippen LogP contribution in [0.15, 0.2) is 0 Å². The minimum Gasteiger partial charge on any atom is -0.264 e. The summed E-state index contributed by atoms with van der Waals surface area (Å²) in [6.07, 6.45) is 0. The SMILES string of the molecule is O=S(=O)(O)O.O=S(=O)(O)O.[Hg]. The van der Waals surface area contributed by atoms with Gasteiger partial charge in [0.1, 0.15) is 0 Å². The van der Waals surface area contributed by atoms with E-state index in [2.05, 4.69) is 0 Å². The largest absolute Gasteiger partial charge is 0.394 e. The Morgan fingerprint density at radius 3 is 0.636 bits per heavy atom. The van der Waals surface area contributed by atoms with E-state index in [1.807, 2.05) is 0 Å². The zero-order valence-electron chi connectivity index (χ0n) is 4.95. The Labute approximate surface area is 83.3 Å². The van der Waals surface area contributed by atoms with Crippen LogP contribution in [0.5, 0.6) is 0 Å². The summed E-state index contributed by atoms with van der Waals surface area (Å²) in [5.41, 5.74) is 0. The predicted octanol–water partition coefficient (Wildman–Crippen LogP) is -1.31. The zero-order valence-corrected chi connectivity index (χ0v) is 12.1. The van der Waals surface area contributed by atoms with Gasteiger partial charge in [0, 0.05) is 27.7 Å². The topological polar surface area (TPSA) is 149 Å². The van der Waals surface area contributed by atoms with Crippen molar-refractivity contribution < 1.29 is 62.7 Å². The maximum Gasteiger partial charge on any atom is 0.394 e. The first kappa shape index (κ1) is 17.7. The molecule has 0 saturated carbocycles. The molecule has 0 spiro atoms. The van der Waals surface area contributed by atoms with Crippen LogP contribution in [0.25, 0.3) is 0 Å². The van der Waals surface area contributed by atoms with Gasteiger partial charge in [-0.1, -0.05) is 0 Å². The normalized spacial score (nSPS) is 10.5. The van der Waals surface area contributed by atoms with E-state index < -0.39 is 20.8 Å². The number of hydrogen-bond donors (Lipinski definition) is 4. The van der Waals surface area contributed by atoms with E-state index in [1.54, 1.807) is 0 Å². The van der Waals surface area contributed by atoms with Crippen LogP contribution in [0.4, 0.5) is 0 Å². The van der Waals surface area contributed by atoms with Gasteiger partial charge in [0.25, 0.3) is 0 Å². The fourth-order valence-electron chi connectivity index (χ4n) is 0. The molecule has 11 heavy (non-hydrogen) atoms. The predicted molar refractivity (Wildman–Crippen MR) is 28.4 cm³/mol. The van der Waals surface area contributed by atoms with Gasteiger partial charge in [-0.15, -0.1) is 0 Å². The molecule has 0 aliphatic carbocycles. The molecule has 0 aromatic heterocycles. The Bertz CT molecular complexity index is 208. The van der Waals surface area contributed by atoms with Crippen LogP contribution in [0.3, 0.4) is 0 Å². The summed E-state index contributed by atoms with van der Waals surface area (Å²) in [6, 6.07) is 0. The summed E-state index contributed by atoms with van der Waals surface area (Å²) in [5, 5.41) is 0. The van der Waals surface area contributed by atoms with Crippen molar-refractivity contribution in [1.82, 2.24) is 0 Å². The fraction of sp³-hybridized carbons (Fsp3) is 0. The molecule has 0 aliphatic rings. The van der Waals surface area contributed by atoms with Gasteiger partial charge in [0.15, 0.2) is 0 Å². The second kappa shape index (κ2) is 6.22. The average molecular weight is 397 g/mol. The minimum absolute atomic E-state index is 0. The second-order valence-corrected chi connectivity index (χ2v) is 2.69. The van der Waals surface area contributed by atoms with E-state index in [1.165, 1.54) is 0 Å². The van der Waals surface area contributed by atoms with Crippen LogP contribution >= 0.6 is 0 Å². The first-order chi connectivity index (χ1) is 4.00. The molecular formula is H4HgO8S2. The third kappa shape index (κ3) is 1760. The third-order valence-electron chi connectivity index (χ3n) is 0. The summed E-state index contributed by atoms with van der Waals surface area (Å²) < 4.78 is 63.2. The summed E-state index contributed by atoms with van der Waals surface area (Å²) >= 11 is 0. The van der Waals surface area contributed by atoms with Gasteiger partial charge < -0.3 is 0 Å². The van der Waals surface area contributed by atoms with E-state index in [-0.39, 0.29) is 27.7 Å². The Morgan fingerprint density at radius 2 is 0.636 bits per heavy atom. The van der Waals surface area contributed by atoms with Gasteiger partial charge in [-0.25, -0.2) is 0 Å². The molecule has 0 radical (unpaired) electrons.